The van der Waals surface area contributed by atoms with Gasteiger partial charge < -0.3 is 0 Å². The molecule has 2 aliphatic rings. The smallest absolute Gasteiger partial charge is 0.195 e. The van der Waals surface area contributed by atoms with Crippen LogP contribution in [0.3, 0.4) is 0 Å². The number of benzene rings is 8. The number of fused-ring (bicyclic) bond motifs is 7. The number of nitrogens with zero attached hydrogens (tertiary/aromatic N) is 2. The Morgan fingerprint density at radius 2 is 1.08 bits per heavy atom. The maximum Gasteiger partial charge on any atom is 0.195 e. The zero-order valence-corrected chi connectivity index (χ0v) is 28.3. The Morgan fingerprint density at radius 3 is 1.82 bits per heavy atom. The lowest BCUT2D eigenvalue weighted by Gasteiger charge is -2.23. The van der Waals surface area contributed by atoms with Gasteiger partial charge in [0.1, 0.15) is 0 Å². The summed E-state index contributed by atoms with van der Waals surface area (Å²) >= 11 is 0. The third kappa shape index (κ3) is 4.15. The summed E-state index contributed by atoms with van der Waals surface area (Å²) in [5.74, 6) is 0. The molecule has 0 aliphatic heterocycles. The zero-order valence-electron chi connectivity index (χ0n) is 28.3. The van der Waals surface area contributed by atoms with Crippen molar-refractivity contribution in [2.45, 2.75) is 19.3 Å². The number of nitriles is 1. The Balaban J connectivity index is 1.07. The van der Waals surface area contributed by atoms with Gasteiger partial charge in [0, 0.05) is 5.41 Å². The van der Waals surface area contributed by atoms with E-state index in [1.807, 2.05) is 12.1 Å². The van der Waals surface area contributed by atoms with Gasteiger partial charge in [-0.3, -0.25) is 0 Å². The molecule has 0 N–H and O–H groups in total. The van der Waals surface area contributed by atoms with Crippen LogP contribution < -0.4 is 0 Å². The van der Waals surface area contributed by atoms with Crippen LogP contribution in [0.25, 0.3) is 93.2 Å². The van der Waals surface area contributed by atoms with Crippen molar-refractivity contribution in [3.05, 3.63) is 174 Å². The lowest BCUT2D eigenvalue weighted by molar-refractivity contribution is 0.661. The van der Waals surface area contributed by atoms with E-state index in [0.29, 0.717) is 11.3 Å². The largest absolute Gasteiger partial charge is 0.237 e. The summed E-state index contributed by atoms with van der Waals surface area (Å²) in [4.78, 5) is 4.05. The quantitative estimate of drug-likeness (QED) is 0.176. The second-order valence-electron chi connectivity index (χ2n) is 14.3. The first-order valence-corrected chi connectivity index (χ1v) is 17.3. The van der Waals surface area contributed by atoms with Crippen molar-refractivity contribution in [2.75, 3.05) is 0 Å². The van der Waals surface area contributed by atoms with Crippen LogP contribution in [0.4, 0.5) is 5.69 Å². The van der Waals surface area contributed by atoms with E-state index in [2.05, 4.69) is 158 Å². The van der Waals surface area contributed by atoms with Gasteiger partial charge in [-0.2, -0.15) is 5.26 Å². The lowest BCUT2D eigenvalue weighted by Crippen LogP contribution is -2.15. The van der Waals surface area contributed by atoms with Gasteiger partial charge in [-0.1, -0.05) is 129 Å². The molecule has 0 amide bonds. The van der Waals surface area contributed by atoms with Crippen molar-refractivity contribution in [1.82, 2.24) is 0 Å². The minimum Gasteiger partial charge on any atom is -0.237 e. The first kappa shape index (κ1) is 29.2. The van der Waals surface area contributed by atoms with Gasteiger partial charge in [0.2, 0.25) is 0 Å². The minimum atomic E-state index is -0.245. The Kier molecular flexibility index (Phi) is 6.09. The van der Waals surface area contributed by atoms with Crippen molar-refractivity contribution < 1.29 is 0 Å². The van der Waals surface area contributed by atoms with Crippen molar-refractivity contribution >= 4 is 27.2 Å². The van der Waals surface area contributed by atoms with E-state index in [9.17, 15) is 5.26 Å². The Bertz CT molecular complexity index is 2880. The molecule has 2 aliphatic carbocycles. The van der Waals surface area contributed by atoms with Crippen LogP contribution in [0.5, 0.6) is 0 Å². The molecule has 236 valence electrons. The molecule has 0 saturated carbocycles. The minimum absolute atomic E-state index is 0.245. The van der Waals surface area contributed by atoms with E-state index in [1.165, 1.54) is 71.8 Å². The molecule has 8 aromatic rings. The molecular weight excluding hydrogens is 617 g/mol. The Morgan fingerprint density at radius 1 is 0.490 bits per heavy atom. The van der Waals surface area contributed by atoms with Gasteiger partial charge >= 0.3 is 0 Å². The van der Waals surface area contributed by atoms with Crippen LogP contribution >= 0.6 is 0 Å². The van der Waals surface area contributed by atoms with E-state index in [0.717, 1.165) is 27.6 Å². The van der Waals surface area contributed by atoms with Crippen LogP contribution in [0.15, 0.2) is 146 Å². The molecule has 0 aromatic heterocycles. The maximum absolute atomic E-state index is 10.6. The third-order valence-corrected chi connectivity index (χ3v) is 11.3. The van der Waals surface area contributed by atoms with E-state index in [4.69, 9.17) is 6.57 Å². The fourth-order valence-electron chi connectivity index (χ4n) is 8.72. The third-order valence-electron chi connectivity index (χ3n) is 11.3. The predicted molar refractivity (Wildman–Crippen MR) is 211 cm³/mol. The predicted octanol–water partition coefficient (Wildman–Crippen LogP) is 13.4. The van der Waals surface area contributed by atoms with Gasteiger partial charge in [0.15, 0.2) is 5.69 Å². The van der Waals surface area contributed by atoms with Gasteiger partial charge in [0.05, 0.1) is 18.2 Å². The highest BCUT2D eigenvalue weighted by molar-refractivity contribution is 6.19. The summed E-state index contributed by atoms with van der Waals surface area (Å²) in [6.07, 6.45) is 0. The van der Waals surface area contributed by atoms with Crippen molar-refractivity contribution in [2.24, 2.45) is 0 Å². The van der Waals surface area contributed by atoms with Crippen LogP contribution in [0.1, 0.15) is 30.5 Å². The molecule has 0 spiro atoms. The average Bonchev–Trinajstić information content (AvgIpc) is 3.62. The van der Waals surface area contributed by atoms with Gasteiger partial charge in [-0.05, 0) is 130 Å². The molecule has 0 saturated heterocycles. The summed E-state index contributed by atoms with van der Waals surface area (Å²) < 4.78 is 0. The van der Waals surface area contributed by atoms with E-state index >= 15 is 0 Å². The average molecular weight is 647 g/mol. The molecule has 0 unspecified atom stereocenters. The van der Waals surface area contributed by atoms with Gasteiger partial charge in [-0.25, -0.2) is 4.85 Å². The molecule has 10 rings (SSSR count). The standard InChI is InChI=1S/C49H30N2/c1-49(2)45-25-32(31-16-15-29-9-4-5-10-30(29)23-31)17-19-38(45)39-20-18-33(26-46(39)49)43-27-47(51-3)44(24-34(43)28-50)37-21-22-42-36-12-7-6-11-35(36)40-13-8-14-41(37)48(40)42/h4-27H,1-2H3. The summed E-state index contributed by atoms with van der Waals surface area (Å²) in [6.45, 7) is 12.9. The number of rotatable bonds is 3. The molecule has 0 atom stereocenters. The van der Waals surface area contributed by atoms with Crippen LogP contribution in [0.2, 0.25) is 0 Å². The number of hydrogen-bond donors (Lipinski definition) is 0. The second kappa shape index (κ2) is 10.6. The number of hydrogen-bond acceptors (Lipinski definition) is 1. The fraction of sp³-hybridized carbons (Fsp3) is 0.0612. The SMILES string of the molecule is [C-]#[N+]c1cc(-c2ccc3c(c2)C(C)(C)c2cc(-c4ccc5ccccc5c4)ccc2-3)c(C#N)cc1-c1ccc2c3c(cccc13)-c1ccccc1-2. The van der Waals surface area contributed by atoms with Crippen LogP contribution in [0, 0.1) is 17.9 Å². The van der Waals surface area contributed by atoms with Crippen molar-refractivity contribution in [1.29, 1.82) is 5.26 Å². The highest BCUT2D eigenvalue weighted by Gasteiger charge is 2.36. The Labute approximate surface area is 297 Å². The molecule has 2 heteroatoms. The van der Waals surface area contributed by atoms with Gasteiger partial charge in [0.25, 0.3) is 0 Å². The topological polar surface area (TPSA) is 28.1 Å². The molecular formula is C49H30N2. The molecule has 51 heavy (non-hydrogen) atoms. The van der Waals surface area contributed by atoms with Crippen molar-refractivity contribution in [3.63, 3.8) is 0 Å². The molecule has 0 heterocycles. The molecule has 0 fully saturated rings. The maximum atomic E-state index is 10.6. The normalized spacial score (nSPS) is 13.0. The van der Waals surface area contributed by atoms with Crippen LogP contribution in [-0.4, -0.2) is 0 Å². The summed E-state index contributed by atoms with van der Waals surface area (Å²) in [5, 5.41) is 15.3. The monoisotopic (exact) mass is 646 g/mol. The van der Waals surface area contributed by atoms with E-state index < -0.39 is 0 Å². The zero-order chi connectivity index (χ0) is 34.4. The Hall–Kier alpha value is -6.74. The van der Waals surface area contributed by atoms with E-state index in [1.54, 1.807) is 0 Å². The first-order valence-electron chi connectivity index (χ1n) is 17.3. The highest BCUT2D eigenvalue weighted by Crippen LogP contribution is 2.53. The molecule has 0 radical (unpaired) electrons. The van der Waals surface area contributed by atoms with E-state index in [-0.39, 0.29) is 5.41 Å². The van der Waals surface area contributed by atoms with Crippen molar-refractivity contribution in [3.8, 4) is 72.8 Å². The summed E-state index contributed by atoms with van der Waals surface area (Å²) in [6, 6.07) is 54.1. The second-order valence-corrected chi connectivity index (χ2v) is 14.3. The highest BCUT2D eigenvalue weighted by atomic mass is 14.6. The van der Waals surface area contributed by atoms with Gasteiger partial charge in [-0.15, -0.1) is 0 Å². The lowest BCUT2D eigenvalue weighted by atomic mass is 9.80. The molecule has 0 bridgehead atoms. The molecule has 8 aromatic carbocycles. The summed E-state index contributed by atoms with van der Waals surface area (Å²) in [7, 11) is 0. The summed E-state index contributed by atoms with van der Waals surface area (Å²) in [5.41, 5.74) is 16.7. The van der Waals surface area contributed by atoms with Crippen LogP contribution in [-0.2, 0) is 5.41 Å². The fourth-order valence-corrected chi connectivity index (χ4v) is 8.72. The molecule has 2 nitrogen and oxygen atoms in total. The first-order chi connectivity index (χ1) is 24.9.